The van der Waals surface area contributed by atoms with Gasteiger partial charge in [-0.15, -0.1) is 0 Å². The third-order valence-corrected chi connectivity index (χ3v) is 10.9. The van der Waals surface area contributed by atoms with E-state index in [4.69, 9.17) is 4.98 Å². The molecule has 4 heteroatoms. The number of aromatic nitrogens is 2. The number of hydrogen-bond donors (Lipinski definition) is 1. The number of benzene rings is 3. The molecule has 3 aliphatic carbocycles. The van der Waals surface area contributed by atoms with E-state index in [9.17, 15) is 9.90 Å². The molecular formula is C37H42N2O2. The number of fused-ring (bicyclic) bond motifs is 2. The highest BCUT2D eigenvalue weighted by Gasteiger charge is 2.56. The summed E-state index contributed by atoms with van der Waals surface area (Å²) >= 11 is 0. The number of nitrogens with zero attached hydrogens (tertiary/aromatic N) is 2. The maximum absolute atomic E-state index is 11.8. The molecule has 212 valence electrons. The molecule has 0 aliphatic heterocycles. The van der Waals surface area contributed by atoms with Gasteiger partial charge in [0.15, 0.2) is 0 Å². The topological polar surface area (TPSA) is 55.1 Å². The highest BCUT2D eigenvalue weighted by atomic mass is 16.4. The van der Waals surface area contributed by atoms with Crippen LogP contribution in [0.3, 0.4) is 0 Å². The Morgan fingerprint density at radius 3 is 2.27 bits per heavy atom. The zero-order valence-corrected chi connectivity index (χ0v) is 24.7. The molecule has 0 amide bonds. The lowest BCUT2D eigenvalue weighted by molar-refractivity contribution is 0.0697. The second-order valence-electron chi connectivity index (χ2n) is 13.2. The normalized spacial score (nSPS) is 24.0. The molecule has 3 aliphatic rings. The van der Waals surface area contributed by atoms with Crippen molar-refractivity contribution in [3.8, 4) is 5.69 Å². The summed E-state index contributed by atoms with van der Waals surface area (Å²) in [5.74, 6) is 1.67. The molecule has 1 heterocycles. The fraction of sp³-hybridized carbons (Fsp3) is 0.459. The maximum Gasteiger partial charge on any atom is 0.335 e. The van der Waals surface area contributed by atoms with Gasteiger partial charge in [-0.3, -0.25) is 4.57 Å². The number of hydrogen-bond acceptors (Lipinski definition) is 2. The highest BCUT2D eigenvalue weighted by molar-refractivity contribution is 5.93. The molecule has 2 fully saturated rings. The Labute approximate surface area is 243 Å². The first-order valence-electron chi connectivity index (χ1n) is 15.8. The van der Waals surface area contributed by atoms with Crippen LogP contribution in [-0.4, -0.2) is 20.6 Å². The van der Waals surface area contributed by atoms with Crippen molar-refractivity contribution in [2.24, 2.45) is 11.8 Å². The van der Waals surface area contributed by atoms with Crippen molar-refractivity contribution in [2.75, 3.05) is 0 Å². The van der Waals surface area contributed by atoms with Crippen LogP contribution >= 0.6 is 0 Å². The average Bonchev–Trinajstić information content (AvgIpc) is 3.90. The van der Waals surface area contributed by atoms with Crippen molar-refractivity contribution in [1.29, 1.82) is 0 Å². The molecule has 41 heavy (non-hydrogen) atoms. The smallest absolute Gasteiger partial charge is 0.335 e. The van der Waals surface area contributed by atoms with E-state index >= 15 is 0 Å². The van der Waals surface area contributed by atoms with Gasteiger partial charge in [-0.25, -0.2) is 9.78 Å². The second kappa shape index (κ2) is 9.86. The van der Waals surface area contributed by atoms with E-state index in [1.165, 1.54) is 74.6 Å². The SMILES string of the molecule is CCCC1(C2CC2)CCC(CC)(C2CC2)c2cc(C)c(-n3c(Cc4ccccc4)nc4cc(C(=O)O)ccc43)cc21. The van der Waals surface area contributed by atoms with Gasteiger partial charge < -0.3 is 5.11 Å². The summed E-state index contributed by atoms with van der Waals surface area (Å²) in [7, 11) is 0. The number of aryl methyl sites for hydroxylation is 1. The maximum atomic E-state index is 11.8. The third-order valence-electron chi connectivity index (χ3n) is 10.9. The van der Waals surface area contributed by atoms with Crippen LogP contribution in [0.1, 0.15) is 110 Å². The summed E-state index contributed by atoms with van der Waals surface area (Å²) < 4.78 is 2.34. The zero-order valence-electron chi connectivity index (χ0n) is 24.7. The van der Waals surface area contributed by atoms with E-state index in [0.29, 0.717) is 11.8 Å². The van der Waals surface area contributed by atoms with Crippen LogP contribution in [0.25, 0.3) is 16.7 Å². The van der Waals surface area contributed by atoms with Gasteiger partial charge in [0.1, 0.15) is 5.82 Å². The molecule has 0 bridgehead atoms. The van der Waals surface area contributed by atoms with E-state index < -0.39 is 5.97 Å². The molecule has 0 radical (unpaired) electrons. The lowest BCUT2D eigenvalue weighted by Gasteiger charge is -2.49. The summed E-state index contributed by atoms with van der Waals surface area (Å²) in [5, 5.41) is 9.70. The van der Waals surface area contributed by atoms with Crippen molar-refractivity contribution < 1.29 is 9.90 Å². The number of carboxylic acids is 1. The zero-order chi connectivity index (χ0) is 28.4. The monoisotopic (exact) mass is 546 g/mol. The third kappa shape index (κ3) is 4.24. The van der Waals surface area contributed by atoms with Crippen LogP contribution in [-0.2, 0) is 17.3 Å². The summed E-state index contributed by atoms with van der Waals surface area (Å²) in [6.45, 7) is 7.07. The minimum Gasteiger partial charge on any atom is -0.478 e. The van der Waals surface area contributed by atoms with Gasteiger partial charge >= 0.3 is 5.97 Å². The molecular weight excluding hydrogens is 504 g/mol. The average molecular weight is 547 g/mol. The highest BCUT2D eigenvalue weighted by Crippen LogP contribution is 2.64. The Balaban J connectivity index is 1.48. The predicted octanol–water partition coefficient (Wildman–Crippen LogP) is 8.92. The van der Waals surface area contributed by atoms with E-state index in [-0.39, 0.29) is 11.0 Å². The van der Waals surface area contributed by atoms with Gasteiger partial charge in [-0.05, 0) is 127 Å². The van der Waals surface area contributed by atoms with Crippen molar-refractivity contribution in [3.05, 3.63) is 94.3 Å². The lowest BCUT2D eigenvalue weighted by atomic mass is 9.54. The van der Waals surface area contributed by atoms with Crippen molar-refractivity contribution in [1.82, 2.24) is 9.55 Å². The Bertz CT molecular complexity index is 1630. The van der Waals surface area contributed by atoms with E-state index in [2.05, 4.69) is 61.7 Å². The first kappa shape index (κ1) is 26.5. The number of carbonyl (C=O) groups is 1. The van der Waals surface area contributed by atoms with Gasteiger partial charge in [0.2, 0.25) is 0 Å². The second-order valence-corrected chi connectivity index (χ2v) is 13.2. The molecule has 2 unspecified atom stereocenters. The molecule has 3 aromatic carbocycles. The molecule has 2 saturated carbocycles. The number of imidazole rings is 1. The van der Waals surface area contributed by atoms with Gasteiger partial charge in [-0.2, -0.15) is 0 Å². The molecule has 4 aromatic rings. The van der Waals surface area contributed by atoms with Crippen LogP contribution in [0.15, 0.2) is 60.7 Å². The van der Waals surface area contributed by atoms with Crippen LogP contribution in [0, 0.1) is 18.8 Å². The molecule has 2 atom stereocenters. The van der Waals surface area contributed by atoms with Crippen LogP contribution in [0.5, 0.6) is 0 Å². The summed E-state index contributed by atoms with van der Waals surface area (Å²) in [6.07, 6.45) is 12.5. The molecule has 4 nitrogen and oxygen atoms in total. The molecule has 7 rings (SSSR count). The number of rotatable bonds is 9. The van der Waals surface area contributed by atoms with E-state index in [1.807, 2.05) is 12.1 Å². The Morgan fingerprint density at radius 2 is 1.61 bits per heavy atom. The van der Waals surface area contributed by atoms with Gasteiger partial charge in [0, 0.05) is 6.42 Å². The Kier molecular flexibility index (Phi) is 6.37. The minimum atomic E-state index is -0.916. The first-order valence-corrected chi connectivity index (χ1v) is 15.8. The van der Waals surface area contributed by atoms with Crippen molar-refractivity contribution in [3.63, 3.8) is 0 Å². The predicted molar refractivity (Wildman–Crippen MR) is 165 cm³/mol. The van der Waals surface area contributed by atoms with Gasteiger partial charge in [0.25, 0.3) is 0 Å². The lowest BCUT2D eigenvalue weighted by Crippen LogP contribution is -2.43. The van der Waals surface area contributed by atoms with E-state index in [1.54, 1.807) is 23.3 Å². The van der Waals surface area contributed by atoms with Crippen LogP contribution in [0.4, 0.5) is 0 Å². The molecule has 1 aromatic heterocycles. The van der Waals surface area contributed by atoms with Crippen LogP contribution < -0.4 is 0 Å². The summed E-state index contributed by atoms with van der Waals surface area (Å²) in [4.78, 5) is 16.9. The van der Waals surface area contributed by atoms with Crippen molar-refractivity contribution >= 4 is 17.0 Å². The fourth-order valence-electron chi connectivity index (χ4n) is 8.59. The largest absolute Gasteiger partial charge is 0.478 e. The number of aromatic carboxylic acids is 1. The standard InChI is InChI=1S/C37H42N2O2/c1-4-17-37(28-14-15-28)19-18-36(5-2,27-12-13-27)29-20-24(3)33(23-30(29)37)39-32-16-11-26(35(40)41)22-31(32)38-34(39)21-25-9-7-6-8-10-25/h6-11,16,20,22-23,27-28H,4-5,12-15,17-19,21H2,1-3H3,(H,40,41). The molecule has 0 saturated heterocycles. The molecule has 1 N–H and O–H groups in total. The summed E-state index contributed by atoms with van der Waals surface area (Å²) in [6, 6.07) is 21.1. The summed E-state index contributed by atoms with van der Waals surface area (Å²) in [5.41, 5.74) is 9.57. The van der Waals surface area contributed by atoms with E-state index in [0.717, 1.165) is 28.7 Å². The van der Waals surface area contributed by atoms with Gasteiger partial charge in [-0.1, -0.05) is 56.7 Å². The Morgan fingerprint density at radius 1 is 0.927 bits per heavy atom. The minimum absolute atomic E-state index is 0.270. The molecule has 0 spiro atoms. The fourth-order valence-corrected chi connectivity index (χ4v) is 8.59. The van der Waals surface area contributed by atoms with Gasteiger partial charge in [0.05, 0.1) is 22.3 Å². The Hall–Kier alpha value is -3.40. The first-order chi connectivity index (χ1) is 19.9. The number of carboxylic acid groups (broad SMARTS) is 1. The van der Waals surface area contributed by atoms with Crippen molar-refractivity contribution in [2.45, 2.75) is 95.8 Å². The van der Waals surface area contributed by atoms with Crippen LogP contribution in [0.2, 0.25) is 0 Å². The quantitative estimate of drug-likeness (QED) is 0.228.